The monoisotopic (exact) mass is 418 g/mol. The number of rotatable bonds is 6. The van der Waals surface area contributed by atoms with Crippen LogP contribution in [-0.2, 0) is 18.1 Å². The van der Waals surface area contributed by atoms with Gasteiger partial charge >= 0.3 is 0 Å². The minimum atomic E-state index is -5.22. The number of aromatic hydroxyl groups is 1. The van der Waals surface area contributed by atoms with Crippen molar-refractivity contribution in [2.24, 2.45) is 0 Å². The summed E-state index contributed by atoms with van der Waals surface area (Å²) in [6.07, 6.45) is 0. The molecule has 1 N–H and O–H groups in total. The highest BCUT2D eigenvalue weighted by atomic mass is 79.9. The third kappa shape index (κ3) is 4.58. The Hall–Kier alpha value is 0.180. The summed E-state index contributed by atoms with van der Waals surface area (Å²) in [7, 11) is -5.19. The average molecular weight is 419 g/mol. The molecule has 0 aliphatic heterocycles. The molecule has 0 unspecified atom stereocenters. The van der Waals surface area contributed by atoms with E-state index in [4.69, 9.17) is 13.6 Å². The van der Waals surface area contributed by atoms with Gasteiger partial charge in [-0.2, -0.15) is 0 Å². The lowest BCUT2D eigenvalue weighted by atomic mass is 10.3. The Morgan fingerprint density at radius 3 is 2.19 bits per heavy atom. The molecule has 0 fully saturated rings. The summed E-state index contributed by atoms with van der Waals surface area (Å²) in [4.78, 5) is 23.3. The number of phenols is 1. The average Bonchev–Trinajstić information content (AvgIpc) is 2.42. The summed E-state index contributed by atoms with van der Waals surface area (Å²) >= 11 is 3.73. The summed E-state index contributed by atoms with van der Waals surface area (Å²) in [5.41, 5.74) is 0. The topological polar surface area (TPSA) is 111 Å². The molecule has 0 aliphatic rings. The van der Waals surface area contributed by atoms with Crippen molar-refractivity contribution in [1.29, 1.82) is 0 Å². The molecule has 1 aromatic carbocycles. The highest BCUT2D eigenvalue weighted by molar-refractivity contribution is 9.10. The molecule has 0 aliphatic carbocycles. The molecule has 0 amide bonds. The fourth-order valence-electron chi connectivity index (χ4n) is 1.39. The fraction of sp³-hybridized carbons (Fsp3) is 0.300. The van der Waals surface area contributed by atoms with Gasteiger partial charge in [0.05, 0.1) is 9.26 Å². The number of thioether (sulfide) groups is 1. The first-order chi connectivity index (χ1) is 9.70. The normalized spacial score (nSPS) is 12.5. The van der Waals surface area contributed by atoms with Crippen molar-refractivity contribution in [3.63, 3.8) is 0 Å². The van der Waals surface area contributed by atoms with Crippen molar-refractivity contribution in [1.82, 2.24) is 0 Å². The zero-order valence-electron chi connectivity index (χ0n) is 11.3. The van der Waals surface area contributed by atoms with Gasteiger partial charge in [0.15, 0.2) is 0 Å². The molecule has 0 radical (unpaired) electrons. The van der Waals surface area contributed by atoms with Crippen LogP contribution in [0.25, 0.3) is 0 Å². The van der Waals surface area contributed by atoms with Crippen molar-refractivity contribution in [3.8, 4) is 5.75 Å². The van der Waals surface area contributed by atoms with E-state index in [-0.39, 0.29) is 10.6 Å². The van der Waals surface area contributed by atoms with Gasteiger partial charge in [-0.1, -0.05) is 27.7 Å². The van der Waals surface area contributed by atoms with Crippen molar-refractivity contribution >= 4 is 47.2 Å². The second-order valence-electron chi connectivity index (χ2n) is 3.54. The molecule has 0 saturated heterocycles. The first-order valence-electron chi connectivity index (χ1n) is 5.33. The standard InChI is InChI=1S/C10H15BrO7P2S/c1-16-20(17-2,18-3)10(19(13,14)15)21-9-6-7(11)4-5-8(9)12/h4-6,12H,1-3H3,(H2,13,14,15)/p-2. The maximum Gasteiger partial charge on any atom is 0.272 e. The van der Waals surface area contributed by atoms with E-state index in [2.05, 4.69) is 15.9 Å². The predicted octanol–water partition coefficient (Wildman–Crippen LogP) is 1.95. The molecule has 0 aromatic heterocycles. The molecule has 0 spiro atoms. The van der Waals surface area contributed by atoms with Gasteiger partial charge in [0.2, 0.25) is 0 Å². The lowest BCUT2D eigenvalue weighted by molar-refractivity contribution is -0.305. The predicted molar refractivity (Wildman–Crippen MR) is 82.2 cm³/mol. The van der Waals surface area contributed by atoms with E-state index in [0.717, 1.165) is 0 Å². The Bertz CT molecular complexity index is 596. The molecule has 0 saturated carbocycles. The van der Waals surface area contributed by atoms with Gasteiger partial charge < -0.3 is 33.0 Å². The SMILES string of the molecule is COP(OC)(OC)=C(Sc1cc(Br)ccc1O)P(=O)([O-])[O-]. The van der Waals surface area contributed by atoms with Gasteiger partial charge in [-0.3, -0.25) is 0 Å². The van der Waals surface area contributed by atoms with Crippen LogP contribution in [0.4, 0.5) is 0 Å². The maximum absolute atomic E-state index is 11.6. The second kappa shape index (κ2) is 7.64. The summed E-state index contributed by atoms with van der Waals surface area (Å²) in [6.45, 7) is 0. The van der Waals surface area contributed by atoms with Gasteiger partial charge in [-0.05, 0) is 25.8 Å². The van der Waals surface area contributed by atoms with Crippen LogP contribution in [0.2, 0.25) is 0 Å². The molecule has 0 bridgehead atoms. The first kappa shape index (κ1) is 19.2. The molecular formula is C10H13BrO7P2S-2. The number of halogens is 1. The molecule has 1 rings (SSSR count). The summed E-state index contributed by atoms with van der Waals surface area (Å²) < 4.78 is 26.6. The van der Waals surface area contributed by atoms with Crippen molar-refractivity contribution < 1.29 is 33.0 Å². The minimum Gasteiger partial charge on any atom is -0.807 e. The van der Waals surface area contributed by atoms with Crippen LogP contribution in [-0.4, -0.2) is 30.8 Å². The molecule has 21 heavy (non-hydrogen) atoms. The van der Waals surface area contributed by atoms with Gasteiger partial charge in [-0.15, -0.1) is 0 Å². The Morgan fingerprint density at radius 1 is 1.24 bits per heavy atom. The Balaban J connectivity index is 3.52. The van der Waals surface area contributed by atoms with Crippen LogP contribution < -0.4 is 9.79 Å². The van der Waals surface area contributed by atoms with Crippen LogP contribution >= 0.6 is 42.9 Å². The van der Waals surface area contributed by atoms with Crippen LogP contribution in [0.5, 0.6) is 5.75 Å². The Kier molecular flexibility index (Phi) is 6.99. The molecule has 0 atom stereocenters. The van der Waals surface area contributed by atoms with E-state index >= 15 is 0 Å². The number of phenolic OH excluding ortho intramolecular Hbond substituents is 1. The summed E-state index contributed by atoms with van der Waals surface area (Å²) in [6, 6.07) is 4.39. The Labute approximate surface area is 135 Å². The highest BCUT2D eigenvalue weighted by Gasteiger charge is 2.27. The maximum atomic E-state index is 11.6. The molecule has 120 valence electrons. The van der Waals surface area contributed by atoms with E-state index in [1.807, 2.05) is 0 Å². The molecule has 7 nitrogen and oxygen atoms in total. The minimum absolute atomic E-state index is 0.154. The number of hydrogen-bond donors (Lipinski definition) is 1. The van der Waals surface area contributed by atoms with E-state index < -0.39 is 19.5 Å². The summed E-state index contributed by atoms with van der Waals surface area (Å²) in [5, 5.41) is 9.77. The lowest BCUT2D eigenvalue weighted by Gasteiger charge is -2.36. The highest BCUT2D eigenvalue weighted by Crippen LogP contribution is 2.61. The van der Waals surface area contributed by atoms with Gasteiger partial charge in [0.25, 0.3) is 7.57 Å². The smallest absolute Gasteiger partial charge is 0.272 e. The molecular weight excluding hydrogens is 406 g/mol. The second-order valence-corrected chi connectivity index (χ2v) is 10.4. The van der Waals surface area contributed by atoms with Gasteiger partial charge in [0, 0.05) is 25.8 Å². The first-order valence-corrected chi connectivity index (χ1v) is 10.0. The zero-order valence-corrected chi connectivity index (χ0v) is 15.5. The van der Waals surface area contributed by atoms with E-state index in [1.165, 1.54) is 33.5 Å². The van der Waals surface area contributed by atoms with E-state index in [0.29, 0.717) is 16.2 Å². The van der Waals surface area contributed by atoms with E-state index in [9.17, 15) is 19.5 Å². The van der Waals surface area contributed by atoms with E-state index in [1.54, 1.807) is 6.07 Å². The fourth-order valence-corrected chi connectivity index (χ4v) is 7.46. The third-order valence-electron chi connectivity index (χ3n) is 2.31. The summed E-state index contributed by atoms with van der Waals surface area (Å²) in [5.74, 6) is -0.185. The van der Waals surface area contributed by atoms with Crippen molar-refractivity contribution in [2.75, 3.05) is 21.3 Å². The molecule has 11 heteroatoms. The largest absolute Gasteiger partial charge is 0.807 e. The zero-order chi connectivity index (χ0) is 16.3. The lowest BCUT2D eigenvalue weighted by Crippen LogP contribution is -2.22. The Morgan fingerprint density at radius 2 is 1.76 bits per heavy atom. The third-order valence-corrected chi connectivity index (χ3v) is 9.27. The molecule has 0 heterocycles. The quantitative estimate of drug-likeness (QED) is 0.551. The number of benzene rings is 1. The van der Waals surface area contributed by atoms with Crippen LogP contribution in [0.1, 0.15) is 0 Å². The van der Waals surface area contributed by atoms with Crippen LogP contribution in [0, 0.1) is 0 Å². The van der Waals surface area contributed by atoms with Gasteiger partial charge in [0.1, 0.15) is 5.75 Å². The van der Waals surface area contributed by atoms with Gasteiger partial charge in [-0.25, -0.2) is 0 Å². The van der Waals surface area contributed by atoms with Crippen molar-refractivity contribution in [2.45, 2.75) is 4.90 Å². The van der Waals surface area contributed by atoms with Crippen LogP contribution in [0.15, 0.2) is 27.6 Å². The van der Waals surface area contributed by atoms with Crippen LogP contribution in [0.3, 0.4) is 0 Å². The van der Waals surface area contributed by atoms with Crippen molar-refractivity contribution in [3.05, 3.63) is 22.7 Å². The number of hydrogen-bond acceptors (Lipinski definition) is 8. The molecule has 1 aromatic rings.